The van der Waals surface area contributed by atoms with E-state index in [-0.39, 0.29) is 5.92 Å². The summed E-state index contributed by atoms with van der Waals surface area (Å²) in [5.74, 6) is 2.29. The van der Waals surface area contributed by atoms with E-state index in [4.69, 9.17) is 4.74 Å². The van der Waals surface area contributed by atoms with Gasteiger partial charge in [0.2, 0.25) is 11.8 Å². The van der Waals surface area contributed by atoms with Crippen LogP contribution in [0.4, 0.5) is 5.95 Å². The molecule has 0 radical (unpaired) electrons. The van der Waals surface area contributed by atoms with Crippen molar-refractivity contribution in [1.82, 2.24) is 30.6 Å². The number of H-pyrrole nitrogens is 1. The molecule has 0 aromatic carbocycles. The Kier molecular flexibility index (Phi) is 3.21. The summed E-state index contributed by atoms with van der Waals surface area (Å²) in [4.78, 5) is 10.8. The number of anilines is 1. The van der Waals surface area contributed by atoms with Gasteiger partial charge in [0.1, 0.15) is 0 Å². The summed E-state index contributed by atoms with van der Waals surface area (Å²) in [5.41, 5.74) is 0. The van der Waals surface area contributed by atoms with Crippen molar-refractivity contribution < 1.29 is 4.74 Å². The predicted octanol–water partition coefficient (Wildman–Crippen LogP) is 0.382. The molecule has 3 heterocycles. The number of hydrogen-bond acceptors (Lipinski definition) is 7. The van der Waals surface area contributed by atoms with Crippen LogP contribution in [0, 0.1) is 0 Å². The van der Waals surface area contributed by atoms with Gasteiger partial charge >= 0.3 is 0 Å². The lowest BCUT2D eigenvalue weighted by molar-refractivity contribution is 0.395. The van der Waals surface area contributed by atoms with Gasteiger partial charge in [-0.2, -0.15) is 10.2 Å². The Hall–Kier alpha value is -2.25. The van der Waals surface area contributed by atoms with E-state index in [1.807, 2.05) is 0 Å². The van der Waals surface area contributed by atoms with Gasteiger partial charge in [0, 0.05) is 31.3 Å². The molecule has 2 aromatic heterocycles. The number of ether oxygens (including phenoxy) is 1. The first-order valence-corrected chi connectivity index (χ1v) is 6.22. The molecule has 0 aliphatic carbocycles. The summed E-state index contributed by atoms with van der Waals surface area (Å²) < 4.78 is 5.13. The van der Waals surface area contributed by atoms with Gasteiger partial charge in [0.15, 0.2) is 5.82 Å². The van der Waals surface area contributed by atoms with E-state index in [0.717, 1.165) is 31.8 Å². The van der Waals surface area contributed by atoms with E-state index in [1.54, 1.807) is 19.4 Å². The van der Waals surface area contributed by atoms with E-state index in [1.165, 1.54) is 0 Å². The van der Waals surface area contributed by atoms with Crippen molar-refractivity contribution in [2.75, 3.05) is 25.1 Å². The van der Waals surface area contributed by atoms with Crippen LogP contribution in [0.5, 0.6) is 5.88 Å². The van der Waals surface area contributed by atoms with E-state index in [0.29, 0.717) is 11.8 Å². The van der Waals surface area contributed by atoms with Crippen LogP contribution in [0.15, 0.2) is 12.3 Å². The third-order valence-corrected chi connectivity index (χ3v) is 3.26. The van der Waals surface area contributed by atoms with Crippen LogP contribution in [0.3, 0.4) is 0 Å². The molecule has 1 aliphatic heterocycles. The fourth-order valence-electron chi connectivity index (χ4n) is 2.31. The van der Waals surface area contributed by atoms with E-state index in [9.17, 15) is 0 Å². The van der Waals surface area contributed by atoms with Gasteiger partial charge in [0.25, 0.3) is 0 Å². The third-order valence-electron chi connectivity index (χ3n) is 3.26. The molecule has 8 heteroatoms. The fraction of sp³-hybridized carbons (Fsp3) is 0.545. The van der Waals surface area contributed by atoms with Crippen LogP contribution in [-0.2, 0) is 0 Å². The van der Waals surface area contributed by atoms with Gasteiger partial charge in [-0.3, -0.25) is 0 Å². The summed E-state index contributed by atoms with van der Waals surface area (Å²) in [6, 6.07) is 1.74. The highest BCUT2D eigenvalue weighted by atomic mass is 16.5. The summed E-state index contributed by atoms with van der Waals surface area (Å²) in [6.45, 7) is 1.73. The Morgan fingerprint density at radius 3 is 3.21 bits per heavy atom. The molecule has 0 saturated carbocycles. The van der Waals surface area contributed by atoms with E-state index in [2.05, 4.69) is 35.5 Å². The summed E-state index contributed by atoms with van der Waals surface area (Å²) in [7, 11) is 1.60. The van der Waals surface area contributed by atoms with Gasteiger partial charge in [-0.1, -0.05) is 5.21 Å². The lowest BCUT2D eigenvalue weighted by Crippen LogP contribution is -2.36. The SMILES string of the molecule is COc1ccnc(N2CCC[C@H](c3nn[nH]n3)C2)n1. The first-order chi connectivity index (χ1) is 9.36. The van der Waals surface area contributed by atoms with Gasteiger partial charge in [-0.15, -0.1) is 10.2 Å². The number of aromatic nitrogens is 6. The van der Waals surface area contributed by atoms with Gasteiger partial charge < -0.3 is 9.64 Å². The molecular formula is C11H15N7O. The van der Waals surface area contributed by atoms with Gasteiger partial charge in [0.05, 0.1) is 7.11 Å². The van der Waals surface area contributed by atoms with Crippen molar-refractivity contribution in [1.29, 1.82) is 0 Å². The highest BCUT2D eigenvalue weighted by Gasteiger charge is 2.25. The number of nitrogens with one attached hydrogen (secondary N) is 1. The number of tetrazole rings is 1. The lowest BCUT2D eigenvalue weighted by atomic mass is 9.98. The van der Waals surface area contributed by atoms with E-state index < -0.39 is 0 Å². The number of methoxy groups -OCH3 is 1. The Balaban J connectivity index is 1.77. The molecule has 0 bridgehead atoms. The number of nitrogens with zero attached hydrogens (tertiary/aromatic N) is 6. The standard InChI is InChI=1S/C11H15N7O/c1-19-9-4-5-12-11(13-9)18-6-2-3-8(7-18)10-14-16-17-15-10/h4-5,8H,2-3,6-7H2,1H3,(H,14,15,16,17)/t8-/m0/s1. The second kappa shape index (κ2) is 5.17. The maximum absolute atomic E-state index is 5.13. The number of rotatable bonds is 3. The quantitative estimate of drug-likeness (QED) is 0.853. The molecule has 2 aromatic rings. The first kappa shape index (κ1) is 11.8. The first-order valence-electron chi connectivity index (χ1n) is 6.22. The Morgan fingerprint density at radius 2 is 2.42 bits per heavy atom. The van der Waals surface area contributed by atoms with Crippen molar-refractivity contribution in [3.63, 3.8) is 0 Å². The molecule has 1 fully saturated rings. The van der Waals surface area contributed by atoms with Crippen molar-refractivity contribution in [3.05, 3.63) is 18.1 Å². The monoisotopic (exact) mass is 261 g/mol. The molecule has 1 atom stereocenters. The third kappa shape index (κ3) is 2.47. The molecule has 1 saturated heterocycles. The zero-order valence-corrected chi connectivity index (χ0v) is 10.7. The minimum atomic E-state index is 0.266. The zero-order chi connectivity index (χ0) is 13.1. The lowest BCUT2D eigenvalue weighted by Gasteiger charge is -2.31. The summed E-state index contributed by atoms with van der Waals surface area (Å²) in [6.07, 6.45) is 3.82. The fourth-order valence-corrected chi connectivity index (χ4v) is 2.31. The number of aromatic amines is 1. The maximum Gasteiger partial charge on any atom is 0.228 e. The molecule has 0 spiro atoms. The van der Waals surface area contributed by atoms with Crippen molar-refractivity contribution >= 4 is 5.95 Å². The van der Waals surface area contributed by atoms with Gasteiger partial charge in [-0.25, -0.2) is 4.98 Å². The van der Waals surface area contributed by atoms with Crippen LogP contribution in [0.2, 0.25) is 0 Å². The minimum absolute atomic E-state index is 0.266. The van der Waals surface area contributed by atoms with Crippen LogP contribution in [0.25, 0.3) is 0 Å². The highest BCUT2D eigenvalue weighted by Crippen LogP contribution is 2.26. The second-order valence-corrected chi connectivity index (χ2v) is 4.45. The summed E-state index contributed by atoms with van der Waals surface area (Å²) in [5, 5.41) is 14.2. The molecule has 3 rings (SSSR count). The summed E-state index contributed by atoms with van der Waals surface area (Å²) >= 11 is 0. The average Bonchev–Trinajstić information content (AvgIpc) is 3.02. The van der Waals surface area contributed by atoms with Crippen LogP contribution < -0.4 is 9.64 Å². The Morgan fingerprint density at radius 1 is 1.47 bits per heavy atom. The molecule has 0 unspecified atom stereocenters. The molecule has 19 heavy (non-hydrogen) atoms. The van der Waals surface area contributed by atoms with Gasteiger partial charge in [-0.05, 0) is 12.8 Å². The Bertz CT molecular complexity index is 530. The topological polar surface area (TPSA) is 92.7 Å². The van der Waals surface area contributed by atoms with Crippen molar-refractivity contribution in [3.8, 4) is 5.88 Å². The number of hydrogen-bond donors (Lipinski definition) is 1. The van der Waals surface area contributed by atoms with Crippen LogP contribution in [-0.4, -0.2) is 50.8 Å². The normalized spacial score (nSPS) is 19.4. The molecule has 8 nitrogen and oxygen atoms in total. The highest BCUT2D eigenvalue weighted by molar-refractivity contribution is 5.33. The smallest absolute Gasteiger partial charge is 0.228 e. The van der Waals surface area contributed by atoms with Crippen molar-refractivity contribution in [2.45, 2.75) is 18.8 Å². The molecule has 0 amide bonds. The zero-order valence-electron chi connectivity index (χ0n) is 10.7. The van der Waals surface area contributed by atoms with Crippen molar-refractivity contribution in [2.24, 2.45) is 0 Å². The molecule has 1 aliphatic rings. The second-order valence-electron chi connectivity index (χ2n) is 4.45. The van der Waals surface area contributed by atoms with Crippen LogP contribution in [0.1, 0.15) is 24.6 Å². The average molecular weight is 261 g/mol. The molecule has 1 N–H and O–H groups in total. The van der Waals surface area contributed by atoms with E-state index >= 15 is 0 Å². The Labute approximate surface area is 110 Å². The maximum atomic E-state index is 5.13. The largest absolute Gasteiger partial charge is 0.481 e. The molecular weight excluding hydrogens is 246 g/mol. The van der Waals surface area contributed by atoms with Crippen LogP contribution >= 0.6 is 0 Å². The predicted molar refractivity (Wildman–Crippen MR) is 66.9 cm³/mol. The number of piperidine rings is 1. The minimum Gasteiger partial charge on any atom is -0.481 e. The molecule has 100 valence electrons.